The van der Waals surface area contributed by atoms with Gasteiger partial charge in [0, 0.05) is 37.7 Å². The van der Waals surface area contributed by atoms with Gasteiger partial charge < -0.3 is 14.9 Å². The van der Waals surface area contributed by atoms with Crippen molar-refractivity contribution in [2.45, 2.75) is 71.0 Å². The van der Waals surface area contributed by atoms with Gasteiger partial charge in [-0.1, -0.05) is 13.8 Å². The highest BCUT2D eigenvalue weighted by molar-refractivity contribution is 5.89. The third kappa shape index (κ3) is 2.19. The highest BCUT2D eigenvalue weighted by atomic mass is 16.7. The summed E-state index contributed by atoms with van der Waals surface area (Å²) < 4.78 is 11.7. The predicted octanol–water partition coefficient (Wildman–Crippen LogP) is 4.89. The summed E-state index contributed by atoms with van der Waals surface area (Å²) >= 11 is 0. The van der Waals surface area contributed by atoms with Crippen LogP contribution in [0.15, 0.2) is 0 Å². The van der Waals surface area contributed by atoms with Gasteiger partial charge in [0.05, 0.1) is 0 Å². The van der Waals surface area contributed by atoms with E-state index in [-0.39, 0.29) is 11.2 Å². The number of methoxy groups -OCH3 is 2. The largest absolute Gasteiger partial charge is 0.353 e. The molecule has 0 aromatic carbocycles. The minimum atomic E-state index is -0.354. The van der Waals surface area contributed by atoms with Gasteiger partial charge in [-0.15, -0.1) is 0 Å². The molecule has 0 heterocycles. The van der Waals surface area contributed by atoms with Crippen molar-refractivity contribution in [1.82, 2.24) is 0 Å². The molecule has 0 unspecified atom stereocenters. The van der Waals surface area contributed by atoms with Crippen LogP contribution >= 0.6 is 0 Å². The van der Waals surface area contributed by atoms with Gasteiger partial charge in [0.15, 0.2) is 5.79 Å². The van der Waals surface area contributed by atoms with E-state index in [2.05, 4.69) is 13.8 Å². The molecule has 0 aliphatic heterocycles. The smallest absolute Gasteiger partial charge is 0.170 e. The molecule has 136 valence electrons. The first kappa shape index (κ1) is 17.0. The van der Waals surface area contributed by atoms with Crippen LogP contribution in [0.4, 0.5) is 0 Å². The Balaban J connectivity index is 1.57. The molecule has 0 aromatic heterocycles. The van der Waals surface area contributed by atoms with Crippen LogP contribution in [0, 0.1) is 46.3 Å². The first-order valence-electron chi connectivity index (χ1n) is 10.1. The summed E-state index contributed by atoms with van der Waals surface area (Å²) in [6.07, 6.45) is 10.00. The number of ether oxygens (including phenoxy) is 2. The Labute approximate surface area is 147 Å². The lowest BCUT2D eigenvalue weighted by Crippen LogP contribution is -2.54. The molecular weight excluding hydrogens is 298 g/mol. The molecule has 3 heteroatoms. The maximum absolute atomic E-state index is 8.46. The summed E-state index contributed by atoms with van der Waals surface area (Å²) in [4.78, 5) is 0. The lowest BCUT2D eigenvalue weighted by molar-refractivity contribution is -0.273. The Kier molecular flexibility index (Phi) is 4.12. The van der Waals surface area contributed by atoms with Crippen molar-refractivity contribution < 1.29 is 9.47 Å². The van der Waals surface area contributed by atoms with E-state index in [4.69, 9.17) is 14.9 Å². The fraction of sp³-hybridized carbons (Fsp3) is 0.952. The van der Waals surface area contributed by atoms with Crippen molar-refractivity contribution in [2.75, 3.05) is 14.2 Å². The lowest BCUT2D eigenvalue weighted by Gasteiger charge is -2.57. The minimum absolute atomic E-state index is 0.233. The van der Waals surface area contributed by atoms with E-state index in [0.29, 0.717) is 5.92 Å². The van der Waals surface area contributed by atoms with Gasteiger partial charge in [-0.25, -0.2) is 0 Å². The van der Waals surface area contributed by atoms with E-state index in [1.165, 1.54) is 38.5 Å². The van der Waals surface area contributed by atoms with Gasteiger partial charge in [0.2, 0.25) is 0 Å². The normalized spacial score (nSPS) is 50.1. The van der Waals surface area contributed by atoms with Crippen LogP contribution in [0.1, 0.15) is 65.2 Å². The third-order valence-electron chi connectivity index (χ3n) is 8.92. The number of nitrogens with one attached hydrogen (secondary N) is 1. The molecule has 4 saturated carbocycles. The highest BCUT2D eigenvalue weighted by Gasteiger charge is 2.58. The summed E-state index contributed by atoms with van der Waals surface area (Å²) in [7, 11) is 3.64. The SMILES string of the molecule is COC1(OC)C[C@@H]2CC[C@@H]3[C@H](CC[C@]4(C)C(=N)CC[C@@H]34)[C@H]2C[C@H]1C. The molecule has 4 aliphatic rings. The van der Waals surface area contributed by atoms with Crippen LogP contribution < -0.4 is 0 Å². The number of hydrogen-bond acceptors (Lipinski definition) is 3. The standard InChI is InChI=1S/C21H35NO2/c1-13-11-17-14(12-21(13,23-3)24-4)5-6-16-15(17)9-10-20(2)18(16)7-8-19(20)22/h13-18,22H,5-12H2,1-4H3/t13-,14+,15+,16-,17+,18+,20+/m1/s1. The highest BCUT2D eigenvalue weighted by Crippen LogP contribution is 2.62. The first-order valence-corrected chi connectivity index (χ1v) is 10.1. The van der Waals surface area contributed by atoms with Gasteiger partial charge >= 0.3 is 0 Å². The Morgan fingerprint density at radius 3 is 2.46 bits per heavy atom. The Morgan fingerprint density at radius 2 is 1.75 bits per heavy atom. The molecule has 3 nitrogen and oxygen atoms in total. The summed E-state index contributed by atoms with van der Waals surface area (Å²) in [6, 6.07) is 0. The molecular formula is C21H35NO2. The van der Waals surface area contributed by atoms with Crippen molar-refractivity contribution in [2.24, 2.45) is 40.9 Å². The molecule has 4 aliphatic carbocycles. The zero-order chi connectivity index (χ0) is 17.1. The molecule has 24 heavy (non-hydrogen) atoms. The molecule has 0 aromatic rings. The zero-order valence-corrected chi connectivity index (χ0v) is 15.9. The lowest BCUT2D eigenvalue weighted by atomic mass is 9.49. The molecule has 0 bridgehead atoms. The van der Waals surface area contributed by atoms with Gasteiger partial charge in [0.1, 0.15) is 0 Å². The van der Waals surface area contributed by atoms with Crippen molar-refractivity contribution in [3.05, 3.63) is 0 Å². The number of rotatable bonds is 2. The summed E-state index contributed by atoms with van der Waals surface area (Å²) in [5, 5.41) is 8.46. The molecule has 4 fully saturated rings. The van der Waals surface area contributed by atoms with Crippen LogP contribution in [0.25, 0.3) is 0 Å². The number of hydrogen-bond donors (Lipinski definition) is 1. The van der Waals surface area contributed by atoms with Crippen LogP contribution in [-0.2, 0) is 9.47 Å². The van der Waals surface area contributed by atoms with E-state index in [1.54, 1.807) is 0 Å². The van der Waals surface area contributed by atoms with Crippen LogP contribution in [0.2, 0.25) is 0 Å². The predicted molar refractivity (Wildman–Crippen MR) is 96.1 cm³/mol. The second kappa shape index (κ2) is 5.81. The Morgan fingerprint density at radius 1 is 1.00 bits per heavy atom. The average molecular weight is 334 g/mol. The summed E-state index contributed by atoms with van der Waals surface area (Å²) in [5.41, 5.74) is 1.29. The second-order valence-corrected chi connectivity index (χ2v) is 9.47. The molecule has 0 radical (unpaired) electrons. The monoisotopic (exact) mass is 333 g/mol. The molecule has 7 atom stereocenters. The van der Waals surface area contributed by atoms with Crippen molar-refractivity contribution in [3.63, 3.8) is 0 Å². The van der Waals surface area contributed by atoms with E-state index < -0.39 is 0 Å². The molecule has 0 spiro atoms. The van der Waals surface area contributed by atoms with Crippen molar-refractivity contribution in [1.29, 1.82) is 5.41 Å². The zero-order valence-electron chi connectivity index (χ0n) is 15.9. The molecule has 4 rings (SSSR count). The van der Waals surface area contributed by atoms with Gasteiger partial charge in [-0.3, -0.25) is 0 Å². The van der Waals surface area contributed by atoms with Crippen LogP contribution in [-0.4, -0.2) is 25.7 Å². The Bertz CT molecular complexity index is 514. The van der Waals surface area contributed by atoms with E-state index in [9.17, 15) is 0 Å². The van der Waals surface area contributed by atoms with Crippen LogP contribution in [0.3, 0.4) is 0 Å². The van der Waals surface area contributed by atoms with E-state index in [1.807, 2.05) is 14.2 Å². The van der Waals surface area contributed by atoms with Gasteiger partial charge in [0.25, 0.3) is 0 Å². The molecule has 1 N–H and O–H groups in total. The maximum atomic E-state index is 8.46. The quantitative estimate of drug-likeness (QED) is 0.731. The minimum Gasteiger partial charge on any atom is -0.353 e. The summed E-state index contributed by atoms with van der Waals surface area (Å²) in [6.45, 7) is 4.73. The number of fused-ring (bicyclic) bond motifs is 5. The second-order valence-electron chi connectivity index (χ2n) is 9.47. The third-order valence-corrected chi connectivity index (χ3v) is 8.92. The fourth-order valence-electron chi connectivity index (χ4n) is 7.47. The van der Waals surface area contributed by atoms with E-state index in [0.717, 1.165) is 48.1 Å². The first-order chi connectivity index (χ1) is 11.4. The Hall–Kier alpha value is -0.410. The molecule has 0 amide bonds. The van der Waals surface area contributed by atoms with Gasteiger partial charge in [-0.2, -0.15) is 0 Å². The summed E-state index contributed by atoms with van der Waals surface area (Å²) in [5.74, 6) is 4.30. The molecule has 0 saturated heterocycles. The van der Waals surface area contributed by atoms with Crippen molar-refractivity contribution in [3.8, 4) is 0 Å². The maximum Gasteiger partial charge on any atom is 0.170 e. The van der Waals surface area contributed by atoms with Gasteiger partial charge in [-0.05, 0) is 74.5 Å². The van der Waals surface area contributed by atoms with E-state index >= 15 is 0 Å². The topological polar surface area (TPSA) is 42.3 Å². The average Bonchev–Trinajstić information content (AvgIpc) is 2.89. The van der Waals surface area contributed by atoms with Crippen LogP contribution in [0.5, 0.6) is 0 Å². The fourth-order valence-corrected chi connectivity index (χ4v) is 7.47. The van der Waals surface area contributed by atoms with Crippen molar-refractivity contribution >= 4 is 5.71 Å².